The van der Waals surface area contributed by atoms with Gasteiger partial charge >= 0.3 is 11.8 Å². The first-order valence-electron chi connectivity index (χ1n) is 8.51. The quantitative estimate of drug-likeness (QED) is 0.543. The van der Waals surface area contributed by atoms with Gasteiger partial charge < -0.3 is 15.5 Å². The van der Waals surface area contributed by atoms with Crippen LogP contribution in [0.2, 0.25) is 0 Å². The normalized spacial score (nSPS) is 24.7. The fourth-order valence-corrected chi connectivity index (χ4v) is 3.02. The van der Waals surface area contributed by atoms with Gasteiger partial charge in [0.25, 0.3) is 0 Å². The third-order valence-electron chi connectivity index (χ3n) is 4.69. The molecule has 0 aromatic rings. The molecule has 0 unspecified atom stereocenters. The molecule has 0 spiro atoms. The van der Waals surface area contributed by atoms with Crippen molar-refractivity contribution in [2.45, 2.75) is 59.0 Å². The van der Waals surface area contributed by atoms with E-state index in [0.717, 1.165) is 44.4 Å². The van der Waals surface area contributed by atoms with Crippen molar-refractivity contribution >= 4 is 11.8 Å². The molecule has 1 fully saturated rings. The molecule has 1 aliphatic heterocycles. The predicted molar refractivity (Wildman–Crippen MR) is 88.1 cm³/mol. The van der Waals surface area contributed by atoms with Crippen LogP contribution in [-0.2, 0) is 14.3 Å². The Morgan fingerprint density at radius 1 is 1.26 bits per heavy atom. The van der Waals surface area contributed by atoms with E-state index in [1.165, 1.54) is 0 Å². The molecular weight excluding hydrogens is 294 g/mol. The number of rotatable bonds is 4. The Morgan fingerprint density at radius 2 is 2.04 bits per heavy atom. The summed E-state index contributed by atoms with van der Waals surface area (Å²) >= 11 is 0. The second-order valence-corrected chi connectivity index (χ2v) is 7.49. The molecule has 23 heavy (non-hydrogen) atoms. The summed E-state index contributed by atoms with van der Waals surface area (Å²) in [6.07, 6.45) is 7.06. The molecule has 6 nitrogen and oxygen atoms in total. The van der Waals surface area contributed by atoms with Gasteiger partial charge in [0.05, 0.1) is 6.10 Å². The lowest BCUT2D eigenvalue weighted by molar-refractivity contribution is -0.139. The third-order valence-corrected chi connectivity index (χ3v) is 4.69. The molecule has 130 valence electrons. The van der Waals surface area contributed by atoms with Gasteiger partial charge in [-0.15, -0.1) is 0 Å². The summed E-state index contributed by atoms with van der Waals surface area (Å²) in [5, 5.41) is 2.60. The first-order chi connectivity index (χ1) is 10.9. The van der Waals surface area contributed by atoms with E-state index in [1.807, 2.05) is 0 Å². The topological polar surface area (TPSA) is 79.5 Å². The summed E-state index contributed by atoms with van der Waals surface area (Å²) in [5.41, 5.74) is 6.62. The van der Waals surface area contributed by atoms with Gasteiger partial charge in [0.1, 0.15) is 0 Å². The number of carbonyl (C=O) groups excluding carboxylic acids is 2. The van der Waals surface area contributed by atoms with Crippen LogP contribution in [0.25, 0.3) is 0 Å². The molecule has 6 heteroatoms. The van der Waals surface area contributed by atoms with Gasteiger partial charge in [-0.2, -0.15) is 0 Å². The van der Waals surface area contributed by atoms with Crippen molar-refractivity contribution in [3.8, 4) is 0 Å². The molecule has 1 heterocycles. The van der Waals surface area contributed by atoms with Crippen LogP contribution in [-0.4, -0.2) is 31.1 Å². The van der Waals surface area contributed by atoms with Crippen LogP contribution >= 0.6 is 0 Å². The molecule has 0 bridgehead atoms. The number of nitrogens with one attached hydrogen (secondary N) is 3. The largest absolute Gasteiger partial charge is 0.376 e. The molecule has 2 amide bonds. The van der Waals surface area contributed by atoms with E-state index >= 15 is 0 Å². The number of allylic oxidation sites excluding steroid dienone is 2. The zero-order valence-electron chi connectivity index (χ0n) is 14.4. The minimum absolute atomic E-state index is 0.0371. The maximum atomic E-state index is 11.8. The zero-order chi connectivity index (χ0) is 16.9. The SMILES string of the molecule is CC(C)(C)[C@@H]1CC=C(NNC(=O)C(=O)NC[C@@H]2CCCO2)CC1. The van der Waals surface area contributed by atoms with Crippen LogP contribution in [0.15, 0.2) is 11.8 Å². The van der Waals surface area contributed by atoms with Gasteiger partial charge in [0.15, 0.2) is 0 Å². The van der Waals surface area contributed by atoms with Crippen LogP contribution in [0.5, 0.6) is 0 Å². The van der Waals surface area contributed by atoms with E-state index in [0.29, 0.717) is 17.9 Å². The van der Waals surface area contributed by atoms with Crippen LogP contribution in [0.1, 0.15) is 52.9 Å². The maximum absolute atomic E-state index is 11.8. The Balaban J connectivity index is 1.67. The minimum Gasteiger partial charge on any atom is -0.376 e. The van der Waals surface area contributed by atoms with Gasteiger partial charge in [-0.3, -0.25) is 15.0 Å². The van der Waals surface area contributed by atoms with Crippen LogP contribution in [0, 0.1) is 11.3 Å². The number of carbonyl (C=O) groups is 2. The first-order valence-corrected chi connectivity index (χ1v) is 8.51. The molecule has 1 aliphatic carbocycles. The average Bonchev–Trinajstić information content (AvgIpc) is 3.03. The molecule has 2 rings (SSSR count). The van der Waals surface area contributed by atoms with Crippen LogP contribution in [0.3, 0.4) is 0 Å². The molecule has 0 radical (unpaired) electrons. The Bertz CT molecular complexity index is 462. The summed E-state index contributed by atoms with van der Waals surface area (Å²) in [6, 6.07) is 0. The lowest BCUT2D eigenvalue weighted by Gasteiger charge is -2.33. The molecule has 2 aliphatic rings. The van der Waals surface area contributed by atoms with Crippen molar-refractivity contribution < 1.29 is 14.3 Å². The second kappa shape index (κ2) is 7.81. The van der Waals surface area contributed by atoms with Gasteiger partial charge in [-0.05, 0) is 43.4 Å². The van der Waals surface area contributed by atoms with Gasteiger partial charge in [-0.1, -0.05) is 26.8 Å². The van der Waals surface area contributed by atoms with Crippen molar-refractivity contribution in [2.24, 2.45) is 11.3 Å². The number of hydrogen-bond donors (Lipinski definition) is 3. The third kappa shape index (κ3) is 5.53. The summed E-state index contributed by atoms with van der Waals surface area (Å²) < 4.78 is 5.40. The first kappa shape index (κ1) is 17.8. The number of hydrazine groups is 1. The fraction of sp³-hybridized carbons (Fsp3) is 0.765. The number of amides is 2. The predicted octanol–water partition coefficient (Wildman–Crippen LogP) is 1.63. The monoisotopic (exact) mass is 323 g/mol. The fourth-order valence-electron chi connectivity index (χ4n) is 3.02. The summed E-state index contributed by atoms with van der Waals surface area (Å²) in [5.74, 6) is -0.641. The Hall–Kier alpha value is -1.56. The Kier molecular flexibility index (Phi) is 6.04. The van der Waals surface area contributed by atoms with E-state index < -0.39 is 11.8 Å². The smallest absolute Gasteiger partial charge is 0.327 e. The molecule has 0 aromatic heterocycles. The van der Waals surface area contributed by atoms with Crippen molar-refractivity contribution in [1.82, 2.24) is 16.2 Å². The molecule has 2 atom stereocenters. The van der Waals surface area contributed by atoms with Gasteiger partial charge in [0.2, 0.25) is 0 Å². The highest BCUT2D eigenvalue weighted by Crippen LogP contribution is 2.36. The van der Waals surface area contributed by atoms with E-state index in [4.69, 9.17) is 4.74 Å². The summed E-state index contributed by atoms with van der Waals surface area (Å²) in [6.45, 7) is 7.89. The standard InChI is InChI=1S/C17H29N3O3/c1-17(2,3)12-6-8-13(9-7-12)19-20-16(22)15(21)18-11-14-5-4-10-23-14/h8,12,14,19H,4-7,9-11H2,1-3H3,(H,18,21)(H,20,22)/t12-,14+/m1/s1. The van der Waals surface area contributed by atoms with E-state index in [2.05, 4.69) is 43.0 Å². The molecule has 0 aromatic carbocycles. The Labute approximate surface area is 138 Å². The highest BCUT2D eigenvalue weighted by Gasteiger charge is 2.26. The van der Waals surface area contributed by atoms with Crippen LogP contribution in [0.4, 0.5) is 0 Å². The molecule has 1 saturated heterocycles. The lowest BCUT2D eigenvalue weighted by Crippen LogP contribution is -2.47. The minimum atomic E-state index is -0.665. The zero-order valence-corrected chi connectivity index (χ0v) is 14.4. The summed E-state index contributed by atoms with van der Waals surface area (Å²) in [7, 11) is 0. The second-order valence-electron chi connectivity index (χ2n) is 7.49. The maximum Gasteiger partial charge on any atom is 0.327 e. The molecule has 0 saturated carbocycles. The summed E-state index contributed by atoms with van der Waals surface area (Å²) in [4.78, 5) is 23.5. The molecular formula is C17H29N3O3. The average molecular weight is 323 g/mol. The van der Waals surface area contributed by atoms with Crippen molar-refractivity contribution in [2.75, 3.05) is 13.2 Å². The Morgan fingerprint density at radius 3 is 2.61 bits per heavy atom. The van der Waals surface area contributed by atoms with E-state index in [1.54, 1.807) is 0 Å². The van der Waals surface area contributed by atoms with Crippen molar-refractivity contribution in [1.29, 1.82) is 0 Å². The van der Waals surface area contributed by atoms with Crippen molar-refractivity contribution in [3.05, 3.63) is 11.8 Å². The van der Waals surface area contributed by atoms with E-state index in [-0.39, 0.29) is 6.10 Å². The molecule has 3 N–H and O–H groups in total. The highest BCUT2D eigenvalue weighted by atomic mass is 16.5. The van der Waals surface area contributed by atoms with E-state index in [9.17, 15) is 9.59 Å². The van der Waals surface area contributed by atoms with Crippen LogP contribution < -0.4 is 16.2 Å². The number of ether oxygens (including phenoxy) is 1. The highest BCUT2D eigenvalue weighted by molar-refractivity contribution is 6.34. The number of hydrogen-bond acceptors (Lipinski definition) is 4. The van der Waals surface area contributed by atoms with Gasteiger partial charge in [-0.25, -0.2) is 0 Å². The van der Waals surface area contributed by atoms with Gasteiger partial charge in [0, 0.05) is 18.8 Å². The lowest BCUT2D eigenvalue weighted by atomic mass is 9.74. The van der Waals surface area contributed by atoms with Crippen molar-refractivity contribution in [3.63, 3.8) is 0 Å².